The highest BCUT2D eigenvalue weighted by Crippen LogP contribution is 2.45. The Hall–Kier alpha value is -4.28. The van der Waals surface area contributed by atoms with E-state index in [0.29, 0.717) is 22.8 Å². The van der Waals surface area contributed by atoms with Crippen LogP contribution in [0, 0.1) is 11.6 Å². The number of Topliss-reactive ketones (excluding diaryl/α,β-unsaturated/α-hetero) is 1. The number of ether oxygens (including phenoxy) is 1. The largest absolute Gasteiger partial charge is 0.377 e. The molecule has 1 heterocycles. The molecule has 0 fully saturated rings. The number of carbonyl (C=O) groups is 4. The molecule has 3 amide bonds. The lowest BCUT2D eigenvalue weighted by Gasteiger charge is -2.25. The topological polar surface area (TPSA) is 119 Å². The number of imide groups is 1. The summed E-state index contributed by atoms with van der Waals surface area (Å²) in [5.41, 5.74) is 7.18. The minimum absolute atomic E-state index is 0.00444. The van der Waals surface area contributed by atoms with Crippen LogP contribution in [0.2, 0.25) is 0 Å². The van der Waals surface area contributed by atoms with E-state index in [1.54, 1.807) is 30.3 Å². The van der Waals surface area contributed by atoms with Gasteiger partial charge in [0.2, 0.25) is 17.7 Å². The monoisotopic (exact) mass is 521 g/mol. The van der Waals surface area contributed by atoms with Crippen molar-refractivity contribution in [2.24, 2.45) is 5.73 Å². The van der Waals surface area contributed by atoms with E-state index < -0.39 is 60.1 Å². The van der Waals surface area contributed by atoms with Crippen molar-refractivity contribution >= 4 is 34.9 Å². The van der Waals surface area contributed by atoms with Crippen molar-refractivity contribution in [2.75, 3.05) is 23.9 Å². The molecule has 196 valence electrons. The Kier molecular flexibility index (Phi) is 7.75. The number of ketones is 1. The number of anilines is 2. The maximum absolute atomic E-state index is 14.0. The van der Waals surface area contributed by atoms with E-state index in [0.717, 1.165) is 17.0 Å². The number of nitrogens with two attached hydrogens (primary N) is 1. The van der Waals surface area contributed by atoms with Crippen molar-refractivity contribution < 1.29 is 32.7 Å². The SMILES string of the molecule is COCC(=O)C1C(=O)N(C(=O)Cc2cc(F)cc(F)c2)c2cccc(NC(=O)[C@H](C)N)c2-c2ccccc21. The van der Waals surface area contributed by atoms with E-state index in [-0.39, 0.29) is 16.9 Å². The number of halogens is 2. The van der Waals surface area contributed by atoms with Gasteiger partial charge < -0.3 is 15.8 Å². The second-order valence-electron chi connectivity index (χ2n) is 8.92. The third-order valence-corrected chi connectivity index (χ3v) is 6.10. The van der Waals surface area contributed by atoms with Gasteiger partial charge in [-0.1, -0.05) is 30.3 Å². The molecule has 10 heteroatoms. The van der Waals surface area contributed by atoms with E-state index in [2.05, 4.69) is 5.32 Å². The van der Waals surface area contributed by atoms with Crippen LogP contribution in [-0.4, -0.2) is 43.3 Å². The molecule has 38 heavy (non-hydrogen) atoms. The summed E-state index contributed by atoms with van der Waals surface area (Å²) in [6.45, 7) is 1.11. The van der Waals surface area contributed by atoms with Crippen molar-refractivity contribution in [3.05, 3.63) is 83.4 Å². The number of fused-ring (bicyclic) bond motifs is 3. The number of hydrogen-bond acceptors (Lipinski definition) is 6. The molecular formula is C28H25F2N3O5. The van der Waals surface area contributed by atoms with Gasteiger partial charge in [0.25, 0.3) is 0 Å². The summed E-state index contributed by atoms with van der Waals surface area (Å²) in [5, 5.41) is 2.72. The molecule has 8 nitrogen and oxygen atoms in total. The molecule has 0 saturated carbocycles. The second-order valence-corrected chi connectivity index (χ2v) is 8.92. The normalized spacial score (nSPS) is 15.2. The third-order valence-electron chi connectivity index (χ3n) is 6.10. The maximum atomic E-state index is 14.0. The van der Waals surface area contributed by atoms with Gasteiger partial charge in [-0.05, 0) is 47.9 Å². The third kappa shape index (κ3) is 5.22. The Bertz CT molecular complexity index is 1420. The molecule has 1 aliphatic rings. The van der Waals surface area contributed by atoms with Crippen molar-refractivity contribution in [1.29, 1.82) is 0 Å². The standard InChI is InChI=1S/C28H25F2N3O5/c1-15(31)27(36)32-21-8-5-9-22-25(21)19-6-3-4-7-20(19)26(23(34)14-38-2)28(37)33(22)24(35)12-16-10-17(29)13-18(30)11-16/h3-11,13,15,26H,12,14,31H2,1-2H3,(H,32,36)/t15-,26?/m0/s1. The van der Waals surface area contributed by atoms with Gasteiger partial charge in [0, 0.05) is 18.7 Å². The van der Waals surface area contributed by atoms with Gasteiger partial charge in [-0.2, -0.15) is 0 Å². The van der Waals surface area contributed by atoms with Gasteiger partial charge in [0.15, 0.2) is 5.78 Å². The second kappa shape index (κ2) is 11.0. The number of carbonyl (C=O) groups excluding carboxylic acids is 4. The molecule has 1 unspecified atom stereocenters. The fourth-order valence-corrected chi connectivity index (χ4v) is 4.48. The van der Waals surface area contributed by atoms with Gasteiger partial charge >= 0.3 is 0 Å². The van der Waals surface area contributed by atoms with Crippen molar-refractivity contribution in [3.8, 4) is 11.1 Å². The Labute approximate surface area is 217 Å². The fraction of sp³-hybridized carbons (Fsp3) is 0.214. The van der Waals surface area contributed by atoms with Gasteiger partial charge in [-0.3, -0.25) is 19.2 Å². The number of methoxy groups -OCH3 is 1. The molecule has 0 bridgehead atoms. The van der Waals surface area contributed by atoms with Crippen LogP contribution in [0.5, 0.6) is 0 Å². The van der Waals surface area contributed by atoms with Gasteiger partial charge in [-0.15, -0.1) is 0 Å². The number of amides is 3. The lowest BCUT2D eigenvalue weighted by Crippen LogP contribution is -2.43. The Morgan fingerprint density at radius 3 is 2.39 bits per heavy atom. The average Bonchev–Trinajstić information content (AvgIpc) is 2.95. The van der Waals surface area contributed by atoms with Crippen molar-refractivity contribution in [1.82, 2.24) is 0 Å². The smallest absolute Gasteiger partial charge is 0.248 e. The van der Waals surface area contributed by atoms with Gasteiger partial charge in [0.1, 0.15) is 24.2 Å². The maximum Gasteiger partial charge on any atom is 0.248 e. The zero-order chi connectivity index (χ0) is 27.6. The zero-order valence-electron chi connectivity index (χ0n) is 20.7. The van der Waals surface area contributed by atoms with Crippen molar-refractivity contribution in [2.45, 2.75) is 25.3 Å². The highest BCUT2D eigenvalue weighted by Gasteiger charge is 2.41. The fourth-order valence-electron chi connectivity index (χ4n) is 4.48. The summed E-state index contributed by atoms with van der Waals surface area (Å²) in [5.74, 6) is -5.94. The van der Waals surface area contributed by atoms with Crippen LogP contribution in [0.3, 0.4) is 0 Å². The number of benzene rings is 3. The summed E-state index contributed by atoms with van der Waals surface area (Å²) in [6, 6.07) is 13.0. The predicted octanol–water partition coefficient (Wildman–Crippen LogP) is 3.33. The molecule has 0 aliphatic carbocycles. The van der Waals surface area contributed by atoms with E-state index in [4.69, 9.17) is 10.5 Å². The summed E-state index contributed by atoms with van der Waals surface area (Å²) < 4.78 is 32.7. The molecule has 0 aromatic heterocycles. The lowest BCUT2D eigenvalue weighted by molar-refractivity contribution is -0.133. The van der Waals surface area contributed by atoms with Crippen LogP contribution >= 0.6 is 0 Å². The van der Waals surface area contributed by atoms with Crippen molar-refractivity contribution in [3.63, 3.8) is 0 Å². The molecule has 0 saturated heterocycles. The first-order chi connectivity index (χ1) is 18.1. The Balaban J connectivity index is 1.94. The quantitative estimate of drug-likeness (QED) is 0.461. The number of rotatable bonds is 7. The number of nitrogens with one attached hydrogen (secondary N) is 1. The Morgan fingerprint density at radius 1 is 1.05 bits per heavy atom. The van der Waals surface area contributed by atoms with Crippen LogP contribution in [-0.2, 0) is 30.3 Å². The molecule has 2 atom stereocenters. The van der Waals surface area contributed by atoms with E-state index in [1.165, 1.54) is 26.2 Å². The molecule has 3 N–H and O–H groups in total. The van der Waals surface area contributed by atoms with E-state index >= 15 is 0 Å². The molecule has 3 aromatic carbocycles. The van der Waals surface area contributed by atoms with E-state index in [1.807, 2.05) is 0 Å². The highest BCUT2D eigenvalue weighted by molar-refractivity contribution is 6.27. The van der Waals surface area contributed by atoms with Crippen LogP contribution in [0.15, 0.2) is 60.7 Å². The predicted molar refractivity (Wildman–Crippen MR) is 136 cm³/mol. The van der Waals surface area contributed by atoms with Crippen LogP contribution < -0.4 is 16.0 Å². The average molecular weight is 522 g/mol. The summed E-state index contributed by atoms with van der Waals surface area (Å²) in [7, 11) is 1.31. The molecule has 1 aliphatic heterocycles. The summed E-state index contributed by atoms with van der Waals surface area (Å²) in [6.07, 6.45) is -0.530. The minimum Gasteiger partial charge on any atom is -0.377 e. The first-order valence-electron chi connectivity index (χ1n) is 11.7. The van der Waals surface area contributed by atoms with Crippen LogP contribution in [0.1, 0.15) is 24.0 Å². The first-order valence-corrected chi connectivity index (χ1v) is 11.7. The van der Waals surface area contributed by atoms with Gasteiger partial charge in [-0.25, -0.2) is 13.7 Å². The first kappa shape index (κ1) is 26.8. The highest BCUT2D eigenvalue weighted by atomic mass is 19.1. The minimum atomic E-state index is -1.41. The zero-order valence-corrected chi connectivity index (χ0v) is 20.7. The summed E-state index contributed by atoms with van der Waals surface area (Å²) >= 11 is 0. The number of nitrogens with zero attached hydrogens (tertiary/aromatic N) is 1. The van der Waals surface area contributed by atoms with Crippen LogP contribution in [0.25, 0.3) is 11.1 Å². The Morgan fingerprint density at radius 2 is 1.74 bits per heavy atom. The molecule has 4 rings (SSSR count). The summed E-state index contributed by atoms with van der Waals surface area (Å²) in [4.78, 5) is 54.1. The molecule has 0 radical (unpaired) electrons. The molecular weight excluding hydrogens is 496 g/mol. The van der Waals surface area contributed by atoms with E-state index in [9.17, 15) is 28.0 Å². The molecule has 0 spiro atoms. The lowest BCUT2D eigenvalue weighted by atomic mass is 9.88. The van der Waals surface area contributed by atoms with Gasteiger partial charge in [0.05, 0.1) is 23.8 Å². The van der Waals surface area contributed by atoms with Crippen LogP contribution in [0.4, 0.5) is 20.2 Å². The molecule has 3 aromatic rings. The number of hydrogen-bond donors (Lipinski definition) is 2.